The molecule has 0 saturated heterocycles. The van der Waals surface area contributed by atoms with Crippen molar-refractivity contribution in [2.24, 2.45) is 5.10 Å². The van der Waals surface area contributed by atoms with E-state index in [1.807, 2.05) is 6.92 Å². The van der Waals surface area contributed by atoms with Crippen molar-refractivity contribution >= 4 is 29.9 Å². The van der Waals surface area contributed by atoms with Gasteiger partial charge in [0.25, 0.3) is 5.56 Å². The quantitative estimate of drug-likeness (QED) is 0.676. The molecule has 0 fully saturated rings. The summed E-state index contributed by atoms with van der Waals surface area (Å²) in [5.74, 6) is 0.795. The monoisotopic (exact) mass is 288 g/mol. The smallest absolute Gasteiger partial charge is 0.251 e. The van der Waals surface area contributed by atoms with Gasteiger partial charge in [-0.2, -0.15) is 5.10 Å². The molecule has 0 spiro atoms. The van der Waals surface area contributed by atoms with Gasteiger partial charge in [-0.3, -0.25) is 9.80 Å². The standard InChI is InChI=1S/C11H16N4OS.ClH/c1-3-15-5-4-9(14-15)7-17-11-12-8(2)6-10(16)13-11;/h6H,3-5,7H2,1-2H3,(H,12,13,16);1H. The Hall–Kier alpha value is -1.01. The third kappa shape index (κ3) is 4.03. The molecular formula is C11H17ClN4OS. The topological polar surface area (TPSA) is 61.4 Å². The average Bonchev–Trinajstić information content (AvgIpc) is 2.73. The zero-order chi connectivity index (χ0) is 12.3. The number of halogens is 1. The van der Waals surface area contributed by atoms with Crippen LogP contribution in [0.3, 0.4) is 0 Å². The lowest BCUT2D eigenvalue weighted by Gasteiger charge is -2.07. The van der Waals surface area contributed by atoms with Crippen molar-refractivity contribution in [1.29, 1.82) is 0 Å². The van der Waals surface area contributed by atoms with Crippen molar-refractivity contribution in [3.8, 4) is 0 Å². The van der Waals surface area contributed by atoms with Gasteiger partial charge in [0.2, 0.25) is 0 Å². The fourth-order valence-electron chi connectivity index (χ4n) is 1.66. The van der Waals surface area contributed by atoms with Crippen LogP contribution in [0.15, 0.2) is 21.1 Å². The number of aryl methyl sites for hydroxylation is 1. The molecule has 7 heteroatoms. The predicted octanol–water partition coefficient (Wildman–Crippen LogP) is 1.67. The minimum absolute atomic E-state index is 0. The van der Waals surface area contributed by atoms with Crippen LogP contribution in [-0.2, 0) is 0 Å². The Morgan fingerprint density at radius 3 is 2.94 bits per heavy atom. The van der Waals surface area contributed by atoms with E-state index >= 15 is 0 Å². The first-order valence-corrected chi connectivity index (χ1v) is 6.68. The Balaban J connectivity index is 0.00000162. The lowest BCUT2D eigenvalue weighted by atomic mass is 10.3. The van der Waals surface area contributed by atoms with E-state index in [-0.39, 0.29) is 18.0 Å². The molecule has 0 aliphatic carbocycles. The van der Waals surface area contributed by atoms with Crippen LogP contribution in [0, 0.1) is 6.92 Å². The molecule has 0 atom stereocenters. The van der Waals surface area contributed by atoms with Gasteiger partial charge in [0.05, 0.1) is 5.71 Å². The second kappa shape index (κ2) is 6.80. The number of aromatic amines is 1. The number of rotatable bonds is 4. The number of nitrogens with zero attached hydrogens (tertiary/aromatic N) is 3. The van der Waals surface area contributed by atoms with E-state index in [0.29, 0.717) is 5.16 Å². The highest BCUT2D eigenvalue weighted by Crippen LogP contribution is 2.15. The molecule has 5 nitrogen and oxygen atoms in total. The molecule has 1 aromatic heterocycles. The van der Waals surface area contributed by atoms with E-state index in [4.69, 9.17) is 0 Å². The highest BCUT2D eigenvalue weighted by Gasteiger charge is 2.13. The summed E-state index contributed by atoms with van der Waals surface area (Å²) in [5, 5.41) is 7.21. The summed E-state index contributed by atoms with van der Waals surface area (Å²) in [7, 11) is 0. The predicted molar refractivity (Wildman–Crippen MR) is 76.9 cm³/mol. The van der Waals surface area contributed by atoms with Crippen LogP contribution in [0.1, 0.15) is 19.0 Å². The summed E-state index contributed by atoms with van der Waals surface area (Å²) in [6, 6.07) is 1.50. The van der Waals surface area contributed by atoms with Crippen LogP contribution in [0.2, 0.25) is 0 Å². The highest BCUT2D eigenvalue weighted by atomic mass is 35.5. The van der Waals surface area contributed by atoms with Crippen molar-refractivity contribution in [3.63, 3.8) is 0 Å². The number of hydrazone groups is 1. The van der Waals surface area contributed by atoms with E-state index in [1.54, 1.807) is 0 Å². The van der Waals surface area contributed by atoms with Crippen molar-refractivity contribution < 1.29 is 0 Å². The van der Waals surface area contributed by atoms with E-state index in [1.165, 1.54) is 23.5 Å². The number of aromatic nitrogens is 2. The van der Waals surface area contributed by atoms with Gasteiger partial charge in [-0.25, -0.2) is 4.98 Å². The fourth-order valence-corrected chi connectivity index (χ4v) is 2.55. The van der Waals surface area contributed by atoms with E-state index < -0.39 is 0 Å². The molecule has 18 heavy (non-hydrogen) atoms. The third-order valence-electron chi connectivity index (χ3n) is 2.53. The maximum Gasteiger partial charge on any atom is 0.251 e. The summed E-state index contributed by atoms with van der Waals surface area (Å²) in [6.45, 7) is 5.88. The van der Waals surface area contributed by atoms with Gasteiger partial charge < -0.3 is 4.98 Å². The molecule has 2 heterocycles. The molecule has 0 aromatic carbocycles. The van der Waals surface area contributed by atoms with Crippen LogP contribution < -0.4 is 5.56 Å². The normalized spacial score (nSPS) is 14.3. The molecule has 2 rings (SSSR count). The molecular weight excluding hydrogens is 272 g/mol. The van der Waals surface area contributed by atoms with Gasteiger partial charge in [0, 0.05) is 37.0 Å². The van der Waals surface area contributed by atoms with Crippen LogP contribution in [0.4, 0.5) is 0 Å². The summed E-state index contributed by atoms with van der Waals surface area (Å²) in [6.07, 6.45) is 1.01. The van der Waals surface area contributed by atoms with Gasteiger partial charge in [0.15, 0.2) is 5.16 Å². The lowest BCUT2D eigenvalue weighted by Crippen LogP contribution is -2.11. The summed E-state index contributed by atoms with van der Waals surface area (Å²) in [5.41, 5.74) is 1.82. The molecule has 0 unspecified atom stereocenters. The highest BCUT2D eigenvalue weighted by molar-refractivity contribution is 7.99. The largest absolute Gasteiger partial charge is 0.301 e. The van der Waals surface area contributed by atoms with Gasteiger partial charge in [-0.15, -0.1) is 12.4 Å². The summed E-state index contributed by atoms with van der Waals surface area (Å²) < 4.78 is 0. The molecule has 100 valence electrons. The Morgan fingerprint density at radius 1 is 1.56 bits per heavy atom. The number of nitrogens with one attached hydrogen (secondary N) is 1. The fraction of sp³-hybridized carbons (Fsp3) is 0.545. The van der Waals surface area contributed by atoms with Gasteiger partial charge in [-0.05, 0) is 13.8 Å². The Bertz CT molecular complexity index is 488. The van der Waals surface area contributed by atoms with E-state index in [0.717, 1.165) is 31.0 Å². The van der Waals surface area contributed by atoms with Gasteiger partial charge in [-0.1, -0.05) is 11.8 Å². The average molecular weight is 289 g/mol. The molecule has 0 radical (unpaired) electrons. The lowest BCUT2D eigenvalue weighted by molar-refractivity contribution is 0.336. The zero-order valence-electron chi connectivity index (χ0n) is 10.5. The third-order valence-corrected chi connectivity index (χ3v) is 3.47. The van der Waals surface area contributed by atoms with Crippen molar-refractivity contribution in [1.82, 2.24) is 15.0 Å². The zero-order valence-corrected chi connectivity index (χ0v) is 12.1. The first kappa shape index (κ1) is 15.0. The maximum atomic E-state index is 11.3. The first-order chi connectivity index (χ1) is 8.17. The minimum atomic E-state index is -0.0939. The van der Waals surface area contributed by atoms with Crippen LogP contribution in [-0.4, -0.2) is 39.5 Å². The van der Waals surface area contributed by atoms with E-state index in [9.17, 15) is 4.79 Å². The molecule has 0 saturated carbocycles. The van der Waals surface area contributed by atoms with E-state index in [2.05, 4.69) is 27.0 Å². The van der Waals surface area contributed by atoms with Crippen LogP contribution >= 0.6 is 24.2 Å². The first-order valence-electron chi connectivity index (χ1n) is 5.69. The van der Waals surface area contributed by atoms with Gasteiger partial charge in [0.1, 0.15) is 0 Å². The second-order valence-electron chi connectivity index (χ2n) is 3.94. The maximum absolute atomic E-state index is 11.3. The molecule has 0 amide bonds. The molecule has 1 N–H and O–H groups in total. The number of thioether (sulfide) groups is 1. The van der Waals surface area contributed by atoms with Crippen molar-refractivity contribution in [3.05, 3.63) is 22.1 Å². The van der Waals surface area contributed by atoms with Crippen LogP contribution in [0.25, 0.3) is 0 Å². The minimum Gasteiger partial charge on any atom is -0.301 e. The van der Waals surface area contributed by atoms with Crippen LogP contribution in [0.5, 0.6) is 0 Å². The van der Waals surface area contributed by atoms with Crippen molar-refractivity contribution in [2.45, 2.75) is 25.4 Å². The summed E-state index contributed by atoms with van der Waals surface area (Å²) in [4.78, 5) is 18.3. The van der Waals surface area contributed by atoms with Gasteiger partial charge >= 0.3 is 0 Å². The number of H-pyrrole nitrogens is 1. The molecule has 1 aliphatic heterocycles. The Kier molecular flexibility index (Phi) is 5.68. The Labute approximate surface area is 116 Å². The molecule has 1 aliphatic rings. The number of hydrogen-bond acceptors (Lipinski definition) is 5. The van der Waals surface area contributed by atoms with Crippen molar-refractivity contribution in [2.75, 3.05) is 18.8 Å². The number of hydrogen-bond donors (Lipinski definition) is 1. The Morgan fingerprint density at radius 2 is 2.33 bits per heavy atom. The SMILES string of the molecule is CCN1CCC(CSc2nc(C)cc(=O)[nH]2)=N1.Cl. The molecule has 0 bridgehead atoms. The molecule has 1 aromatic rings. The summed E-state index contributed by atoms with van der Waals surface area (Å²) >= 11 is 1.53. The second-order valence-corrected chi connectivity index (χ2v) is 4.91.